The molecule has 5 nitrogen and oxygen atoms in total. The summed E-state index contributed by atoms with van der Waals surface area (Å²) >= 11 is 6.44. The van der Waals surface area contributed by atoms with Gasteiger partial charge in [0.05, 0.1) is 12.1 Å². The first kappa shape index (κ1) is 19.7. The summed E-state index contributed by atoms with van der Waals surface area (Å²) in [7, 11) is 1.54. The summed E-state index contributed by atoms with van der Waals surface area (Å²) in [6, 6.07) is 22.4. The van der Waals surface area contributed by atoms with E-state index in [-0.39, 0.29) is 11.6 Å². The van der Waals surface area contributed by atoms with Crippen LogP contribution in [0.25, 0.3) is 6.08 Å². The molecule has 1 heterocycles. The van der Waals surface area contributed by atoms with Gasteiger partial charge in [0.25, 0.3) is 0 Å². The first-order valence-corrected chi connectivity index (χ1v) is 9.64. The fourth-order valence-electron chi connectivity index (χ4n) is 2.96. The Hall–Kier alpha value is -3.57. The fraction of sp³-hybridized carbons (Fsp3) is 0.0833. The first-order chi connectivity index (χ1) is 14.6. The molecule has 1 aliphatic rings. The second-order valence-electron chi connectivity index (χ2n) is 6.51. The van der Waals surface area contributed by atoms with Crippen LogP contribution >= 0.6 is 11.6 Å². The lowest BCUT2D eigenvalue weighted by Gasteiger charge is -2.13. The number of carbonyl (C=O) groups excluding carboxylic acids is 1. The summed E-state index contributed by atoms with van der Waals surface area (Å²) in [5.74, 6) is 0.651. The van der Waals surface area contributed by atoms with Crippen LogP contribution in [0.1, 0.15) is 16.7 Å². The Morgan fingerprint density at radius 3 is 2.43 bits per heavy atom. The molecule has 0 spiro atoms. The molecular weight excluding hydrogens is 402 g/mol. The molecule has 6 heteroatoms. The van der Waals surface area contributed by atoms with Crippen molar-refractivity contribution in [3.63, 3.8) is 0 Å². The van der Waals surface area contributed by atoms with Gasteiger partial charge in [0.1, 0.15) is 6.61 Å². The topological polar surface area (TPSA) is 57.1 Å². The number of rotatable bonds is 6. The molecule has 0 bridgehead atoms. The van der Waals surface area contributed by atoms with Gasteiger partial charge in [-0.25, -0.2) is 9.79 Å². The van der Waals surface area contributed by atoms with Crippen molar-refractivity contribution < 1.29 is 19.0 Å². The summed E-state index contributed by atoms with van der Waals surface area (Å²) in [4.78, 5) is 16.5. The summed E-state index contributed by atoms with van der Waals surface area (Å²) in [6.07, 6.45) is 1.60. The number of cyclic esters (lactones) is 1. The van der Waals surface area contributed by atoms with Gasteiger partial charge in [-0.2, -0.15) is 0 Å². The molecule has 1 aliphatic heterocycles. The van der Waals surface area contributed by atoms with Crippen molar-refractivity contribution in [3.8, 4) is 11.5 Å². The lowest BCUT2D eigenvalue weighted by molar-refractivity contribution is -0.129. The molecule has 0 aliphatic carbocycles. The predicted octanol–water partition coefficient (Wildman–Crippen LogP) is 5.27. The van der Waals surface area contributed by atoms with Crippen molar-refractivity contribution in [2.45, 2.75) is 6.61 Å². The molecule has 0 N–H and O–H groups in total. The third-order valence-corrected chi connectivity index (χ3v) is 4.70. The molecule has 30 heavy (non-hydrogen) atoms. The number of hydrogen-bond acceptors (Lipinski definition) is 5. The normalized spacial score (nSPS) is 14.4. The third kappa shape index (κ3) is 4.36. The first-order valence-electron chi connectivity index (χ1n) is 9.26. The number of esters is 1. The van der Waals surface area contributed by atoms with Gasteiger partial charge < -0.3 is 14.2 Å². The molecule has 3 aromatic carbocycles. The number of hydrogen-bond donors (Lipinski definition) is 0. The van der Waals surface area contributed by atoms with Crippen molar-refractivity contribution in [2.24, 2.45) is 4.99 Å². The van der Waals surface area contributed by atoms with E-state index in [9.17, 15) is 4.79 Å². The SMILES string of the molecule is COc1cc(/C=C2/N=C(c3ccccc3)OC2=O)cc(Cl)c1OCc1ccccc1. The average molecular weight is 420 g/mol. The molecule has 0 unspecified atom stereocenters. The highest BCUT2D eigenvalue weighted by Crippen LogP contribution is 2.37. The Kier molecular flexibility index (Phi) is 5.82. The Morgan fingerprint density at radius 2 is 1.73 bits per heavy atom. The standard InChI is InChI=1S/C24H18ClNO4/c1-28-21-14-17(12-19(25)22(21)29-15-16-8-4-2-5-9-16)13-20-24(27)30-23(26-20)18-10-6-3-7-11-18/h2-14H,15H2,1H3/b20-13+. The van der Waals surface area contributed by atoms with Gasteiger partial charge in [-0.3, -0.25) is 0 Å². The van der Waals surface area contributed by atoms with Gasteiger partial charge in [-0.05, 0) is 41.5 Å². The van der Waals surface area contributed by atoms with Crippen LogP contribution in [-0.2, 0) is 16.1 Å². The molecule has 4 rings (SSSR count). The summed E-state index contributed by atoms with van der Waals surface area (Å²) in [5.41, 5.74) is 2.58. The van der Waals surface area contributed by atoms with E-state index in [4.69, 9.17) is 25.8 Å². The van der Waals surface area contributed by atoms with Crippen molar-refractivity contribution in [3.05, 3.63) is 100 Å². The number of methoxy groups -OCH3 is 1. The Morgan fingerprint density at radius 1 is 1.03 bits per heavy atom. The summed E-state index contributed by atoms with van der Waals surface area (Å²) in [5, 5.41) is 0.371. The Balaban J connectivity index is 1.60. The molecule has 0 saturated carbocycles. The average Bonchev–Trinajstić information content (AvgIpc) is 3.14. The van der Waals surface area contributed by atoms with E-state index in [1.165, 1.54) is 7.11 Å². The van der Waals surface area contributed by atoms with Crippen molar-refractivity contribution >= 4 is 29.5 Å². The van der Waals surface area contributed by atoms with Crippen LogP contribution in [-0.4, -0.2) is 19.0 Å². The molecule has 0 amide bonds. The molecule has 0 fully saturated rings. The number of benzene rings is 3. The number of ether oxygens (including phenoxy) is 3. The van der Waals surface area contributed by atoms with E-state index in [2.05, 4.69) is 4.99 Å². The van der Waals surface area contributed by atoms with E-state index in [1.807, 2.05) is 60.7 Å². The highest BCUT2D eigenvalue weighted by atomic mass is 35.5. The number of carbonyl (C=O) groups is 1. The zero-order chi connectivity index (χ0) is 20.9. The van der Waals surface area contributed by atoms with E-state index in [1.54, 1.807) is 18.2 Å². The van der Waals surface area contributed by atoms with E-state index >= 15 is 0 Å². The van der Waals surface area contributed by atoms with E-state index < -0.39 is 5.97 Å². The van der Waals surface area contributed by atoms with Gasteiger partial charge in [-0.15, -0.1) is 0 Å². The minimum Gasteiger partial charge on any atom is -0.493 e. The maximum absolute atomic E-state index is 12.2. The number of halogens is 1. The minimum atomic E-state index is -0.520. The molecule has 0 radical (unpaired) electrons. The number of aliphatic imine (C=N–C) groups is 1. The molecule has 0 aromatic heterocycles. The van der Waals surface area contributed by atoms with E-state index in [0.717, 1.165) is 11.1 Å². The zero-order valence-corrected chi connectivity index (χ0v) is 16.9. The molecule has 0 atom stereocenters. The predicted molar refractivity (Wildman–Crippen MR) is 116 cm³/mol. The second-order valence-corrected chi connectivity index (χ2v) is 6.92. The van der Waals surface area contributed by atoms with Crippen molar-refractivity contribution in [1.29, 1.82) is 0 Å². The van der Waals surface area contributed by atoms with Crippen LogP contribution in [0.2, 0.25) is 5.02 Å². The molecule has 3 aromatic rings. The van der Waals surface area contributed by atoms with Crippen LogP contribution in [0.3, 0.4) is 0 Å². The van der Waals surface area contributed by atoms with Crippen LogP contribution in [0, 0.1) is 0 Å². The highest BCUT2D eigenvalue weighted by Gasteiger charge is 2.24. The van der Waals surface area contributed by atoms with Gasteiger partial charge in [0.2, 0.25) is 5.90 Å². The Bertz CT molecular complexity index is 1120. The smallest absolute Gasteiger partial charge is 0.363 e. The number of nitrogens with zero attached hydrogens (tertiary/aromatic N) is 1. The summed E-state index contributed by atoms with van der Waals surface area (Å²) in [6.45, 7) is 0.356. The van der Waals surface area contributed by atoms with Crippen LogP contribution < -0.4 is 9.47 Å². The van der Waals surface area contributed by atoms with Crippen LogP contribution in [0.4, 0.5) is 0 Å². The van der Waals surface area contributed by atoms with Crippen LogP contribution in [0.15, 0.2) is 83.5 Å². The molecular formula is C24H18ClNO4. The van der Waals surface area contributed by atoms with Crippen molar-refractivity contribution in [1.82, 2.24) is 0 Å². The third-order valence-electron chi connectivity index (χ3n) is 4.42. The van der Waals surface area contributed by atoms with Gasteiger partial charge in [-0.1, -0.05) is 60.1 Å². The maximum Gasteiger partial charge on any atom is 0.363 e. The van der Waals surface area contributed by atoms with E-state index in [0.29, 0.717) is 28.7 Å². The molecule has 150 valence electrons. The maximum atomic E-state index is 12.2. The Labute approximate surface area is 179 Å². The largest absolute Gasteiger partial charge is 0.493 e. The fourth-order valence-corrected chi connectivity index (χ4v) is 3.24. The zero-order valence-electron chi connectivity index (χ0n) is 16.2. The van der Waals surface area contributed by atoms with Gasteiger partial charge >= 0.3 is 5.97 Å². The monoisotopic (exact) mass is 419 g/mol. The minimum absolute atomic E-state index is 0.185. The quantitative estimate of drug-likeness (QED) is 0.403. The van der Waals surface area contributed by atoms with Gasteiger partial charge in [0.15, 0.2) is 17.2 Å². The highest BCUT2D eigenvalue weighted by molar-refractivity contribution is 6.32. The van der Waals surface area contributed by atoms with Crippen molar-refractivity contribution in [2.75, 3.05) is 7.11 Å². The molecule has 0 saturated heterocycles. The summed E-state index contributed by atoms with van der Waals surface area (Å²) < 4.78 is 16.6. The second kappa shape index (κ2) is 8.84. The van der Waals surface area contributed by atoms with Crippen LogP contribution in [0.5, 0.6) is 11.5 Å². The van der Waals surface area contributed by atoms with Gasteiger partial charge in [0, 0.05) is 5.56 Å². The lowest BCUT2D eigenvalue weighted by atomic mass is 10.1. The lowest BCUT2D eigenvalue weighted by Crippen LogP contribution is -2.05.